The highest BCUT2D eigenvalue weighted by Crippen LogP contribution is 2.40. The normalized spacial score (nSPS) is 11.6. The Morgan fingerprint density at radius 3 is 1.80 bits per heavy atom. The summed E-state index contributed by atoms with van der Waals surface area (Å²) in [7, 11) is 0. The molecule has 0 unspecified atom stereocenters. The minimum Gasteiger partial charge on any atom is -0.316 e. The van der Waals surface area contributed by atoms with Gasteiger partial charge in [-0.3, -0.25) is 0 Å². The number of tetrazole rings is 1. The molecule has 5 nitrogen and oxygen atoms in total. The Morgan fingerprint density at radius 2 is 1.20 bits per heavy atom. The zero-order valence-corrected chi connectivity index (χ0v) is 23.8. The lowest BCUT2D eigenvalue weighted by Crippen LogP contribution is -2.39. The number of hydrogen-bond donors (Lipinski definition) is 0. The Kier molecular flexibility index (Phi) is 6.53. The van der Waals surface area contributed by atoms with Gasteiger partial charge in [0, 0.05) is 22.5 Å². The molecular weight excluding hydrogens is 570 g/mol. The van der Waals surface area contributed by atoms with E-state index in [4.69, 9.17) is 15.4 Å². The molecule has 0 atom stereocenters. The van der Waals surface area contributed by atoms with E-state index in [0.717, 1.165) is 38.8 Å². The molecule has 0 N–H and O–H groups in total. The van der Waals surface area contributed by atoms with Gasteiger partial charge in [-0.25, -0.2) is 0 Å². The van der Waals surface area contributed by atoms with Gasteiger partial charge in [-0.2, -0.15) is 0 Å². The number of para-hydroxylation sites is 1. The molecule has 198 valence electrons. The van der Waals surface area contributed by atoms with Crippen molar-refractivity contribution in [3.8, 4) is 17.1 Å². The van der Waals surface area contributed by atoms with Crippen LogP contribution in [0.15, 0.2) is 146 Å². The van der Waals surface area contributed by atoms with E-state index >= 15 is 0 Å². The molecule has 0 spiro atoms. The van der Waals surface area contributed by atoms with Crippen LogP contribution < -0.4 is 0 Å². The van der Waals surface area contributed by atoms with E-state index in [9.17, 15) is 0 Å². The van der Waals surface area contributed by atoms with E-state index < -0.39 is 5.54 Å². The maximum atomic E-state index is 5.14. The lowest BCUT2D eigenvalue weighted by Gasteiger charge is -2.34. The summed E-state index contributed by atoms with van der Waals surface area (Å²) in [6.07, 6.45) is 2.11. The molecule has 0 saturated carbocycles. The van der Waals surface area contributed by atoms with E-state index in [1.54, 1.807) is 4.80 Å². The summed E-state index contributed by atoms with van der Waals surface area (Å²) < 4.78 is 2.20. The van der Waals surface area contributed by atoms with Crippen molar-refractivity contribution in [2.45, 2.75) is 10.9 Å². The fourth-order valence-electron chi connectivity index (χ4n) is 5.78. The zero-order valence-electron chi connectivity index (χ0n) is 22.2. The second-order valence-corrected chi connectivity index (χ2v) is 10.5. The first kappa shape index (κ1) is 25.2. The number of hydrogen-bond acceptors (Lipinski definition) is 3. The van der Waals surface area contributed by atoms with Crippen molar-refractivity contribution < 1.29 is 0 Å². The number of nitrogens with zero attached hydrogens (tertiary/aromatic N) is 5. The molecule has 0 aliphatic carbocycles. The van der Waals surface area contributed by atoms with Crippen LogP contribution in [-0.2, 0) is 10.9 Å². The van der Waals surface area contributed by atoms with Crippen LogP contribution in [0.1, 0.15) is 22.3 Å². The number of aromatic nitrogens is 5. The van der Waals surface area contributed by atoms with Crippen LogP contribution in [0.3, 0.4) is 0 Å². The molecule has 0 aliphatic rings. The van der Waals surface area contributed by atoms with Crippen LogP contribution in [0.5, 0.6) is 0 Å². The highest BCUT2D eigenvalue weighted by atomic mass is 79.9. The Hall–Kier alpha value is -4.81. The van der Waals surface area contributed by atoms with Gasteiger partial charge in [-0.05, 0) is 51.7 Å². The minimum absolute atomic E-state index is 0.561. The number of benzene rings is 5. The summed E-state index contributed by atoms with van der Waals surface area (Å²) in [6.45, 7) is 0. The molecule has 6 heteroatoms. The van der Waals surface area contributed by atoms with E-state index in [1.165, 1.54) is 10.9 Å². The van der Waals surface area contributed by atoms with E-state index in [2.05, 4.69) is 136 Å². The fourth-order valence-corrected chi connectivity index (χ4v) is 6.27. The highest BCUT2D eigenvalue weighted by molar-refractivity contribution is 9.08. The zero-order chi connectivity index (χ0) is 27.6. The minimum atomic E-state index is -0.825. The van der Waals surface area contributed by atoms with Crippen LogP contribution in [0.2, 0.25) is 0 Å². The fraction of sp³-hybridized carbons (Fsp3) is 0.0571. The number of fused-ring (bicyclic) bond motifs is 1. The van der Waals surface area contributed by atoms with Crippen molar-refractivity contribution in [1.82, 2.24) is 24.8 Å². The molecule has 0 saturated heterocycles. The van der Waals surface area contributed by atoms with Crippen molar-refractivity contribution in [3.63, 3.8) is 0 Å². The summed E-state index contributed by atoms with van der Waals surface area (Å²) >= 11 is 3.63. The number of alkyl halides is 1. The summed E-state index contributed by atoms with van der Waals surface area (Å²) in [4.78, 5) is 1.77. The number of rotatable bonds is 7. The van der Waals surface area contributed by atoms with Crippen LogP contribution in [0, 0.1) is 0 Å². The van der Waals surface area contributed by atoms with Crippen LogP contribution in [0.4, 0.5) is 0 Å². The summed E-state index contributed by atoms with van der Waals surface area (Å²) in [5.74, 6) is 0.561. The Balaban J connectivity index is 1.45. The lowest BCUT2D eigenvalue weighted by molar-refractivity contribution is 0.396. The first-order valence-corrected chi connectivity index (χ1v) is 14.6. The third-order valence-electron chi connectivity index (χ3n) is 7.66. The van der Waals surface area contributed by atoms with Crippen molar-refractivity contribution in [2.24, 2.45) is 0 Å². The molecule has 7 aromatic rings. The highest BCUT2D eigenvalue weighted by Gasteiger charge is 2.41. The summed E-state index contributed by atoms with van der Waals surface area (Å²) in [6, 6.07) is 48.0. The maximum Gasteiger partial charge on any atom is 0.207 e. The van der Waals surface area contributed by atoms with Gasteiger partial charge in [0.25, 0.3) is 0 Å². The van der Waals surface area contributed by atoms with Gasteiger partial charge in [0.2, 0.25) is 5.82 Å². The smallest absolute Gasteiger partial charge is 0.207 e. The van der Waals surface area contributed by atoms with Crippen molar-refractivity contribution in [1.29, 1.82) is 0 Å². The lowest BCUT2D eigenvalue weighted by atomic mass is 9.77. The second kappa shape index (κ2) is 10.6. The quantitative estimate of drug-likeness (QED) is 0.138. The first-order valence-electron chi connectivity index (χ1n) is 13.5. The third kappa shape index (κ3) is 4.19. The first-order chi connectivity index (χ1) is 20.3. The molecule has 0 bridgehead atoms. The maximum absolute atomic E-state index is 5.14. The monoisotopic (exact) mass is 595 g/mol. The molecule has 5 aromatic carbocycles. The van der Waals surface area contributed by atoms with Crippen LogP contribution in [-0.4, -0.2) is 24.8 Å². The second-order valence-electron chi connectivity index (χ2n) is 9.90. The van der Waals surface area contributed by atoms with Crippen molar-refractivity contribution in [3.05, 3.63) is 168 Å². The molecule has 0 radical (unpaired) electrons. The van der Waals surface area contributed by atoms with Gasteiger partial charge >= 0.3 is 0 Å². The standard InChI is InChI=1S/C35H26BrN5/c36-25-26-13-12-22-32-30(26)23-24-40(32)33-21-11-10-20-31(33)34-37-39-41(38-34)35(27-14-4-1-5-15-27,28-16-6-2-7-17-28)29-18-8-3-9-19-29/h1-24H,25H2. The predicted octanol–water partition coefficient (Wildman–Crippen LogP) is 8.02. The average Bonchev–Trinajstić information content (AvgIpc) is 3.71. The van der Waals surface area contributed by atoms with Gasteiger partial charge in [0.1, 0.15) is 0 Å². The molecule has 2 heterocycles. The van der Waals surface area contributed by atoms with Gasteiger partial charge in [-0.15, -0.1) is 15.0 Å². The molecule has 0 aliphatic heterocycles. The largest absolute Gasteiger partial charge is 0.316 e. The SMILES string of the molecule is BrCc1cccc2c1ccn2-c1ccccc1-c1nnn(C(c2ccccc2)(c2ccccc2)c2ccccc2)n1. The van der Waals surface area contributed by atoms with Crippen molar-refractivity contribution in [2.75, 3.05) is 0 Å². The summed E-state index contributed by atoms with van der Waals surface area (Å²) in [5.41, 5.74) is 6.61. The van der Waals surface area contributed by atoms with Crippen LogP contribution >= 0.6 is 15.9 Å². The molecule has 7 rings (SSSR count). The van der Waals surface area contributed by atoms with Gasteiger partial charge in [-0.1, -0.05) is 131 Å². The predicted molar refractivity (Wildman–Crippen MR) is 167 cm³/mol. The molecule has 0 amide bonds. The molecule has 2 aromatic heterocycles. The topological polar surface area (TPSA) is 48.5 Å². The van der Waals surface area contributed by atoms with E-state index in [1.807, 2.05) is 30.3 Å². The summed E-state index contributed by atoms with van der Waals surface area (Å²) in [5, 5.41) is 16.6. The third-order valence-corrected chi connectivity index (χ3v) is 8.26. The molecular formula is C35H26BrN5. The van der Waals surface area contributed by atoms with Crippen molar-refractivity contribution >= 4 is 26.8 Å². The van der Waals surface area contributed by atoms with Gasteiger partial charge in [0.15, 0.2) is 5.54 Å². The Bertz CT molecular complexity index is 1830. The van der Waals surface area contributed by atoms with Gasteiger partial charge < -0.3 is 4.57 Å². The molecule has 41 heavy (non-hydrogen) atoms. The Morgan fingerprint density at radius 1 is 0.610 bits per heavy atom. The number of halogens is 1. The molecule has 0 fully saturated rings. The van der Waals surface area contributed by atoms with Crippen LogP contribution in [0.25, 0.3) is 28.0 Å². The van der Waals surface area contributed by atoms with E-state index in [-0.39, 0.29) is 0 Å². The Labute approximate surface area is 246 Å². The average molecular weight is 597 g/mol. The van der Waals surface area contributed by atoms with Gasteiger partial charge in [0.05, 0.1) is 11.2 Å². The van der Waals surface area contributed by atoms with E-state index in [0.29, 0.717) is 5.82 Å².